The molecule has 23 heavy (non-hydrogen) atoms. The van der Waals surface area contributed by atoms with Crippen molar-refractivity contribution in [3.8, 4) is 5.75 Å². The highest BCUT2D eigenvalue weighted by Crippen LogP contribution is 2.38. The first-order valence-corrected chi connectivity index (χ1v) is 8.92. The zero-order valence-electron chi connectivity index (χ0n) is 14.7. The van der Waals surface area contributed by atoms with Crippen molar-refractivity contribution in [3.63, 3.8) is 0 Å². The quantitative estimate of drug-likeness (QED) is 0.748. The van der Waals surface area contributed by atoms with E-state index in [9.17, 15) is 9.90 Å². The Labute approximate surface area is 140 Å². The van der Waals surface area contributed by atoms with Crippen molar-refractivity contribution in [1.29, 1.82) is 0 Å². The molecule has 2 rings (SSSR count). The van der Waals surface area contributed by atoms with E-state index in [0.29, 0.717) is 5.92 Å². The van der Waals surface area contributed by atoms with Crippen molar-refractivity contribution >= 4 is 5.97 Å². The van der Waals surface area contributed by atoms with Gasteiger partial charge in [-0.05, 0) is 54.4 Å². The monoisotopic (exact) mass is 318 g/mol. The van der Waals surface area contributed by atoms with Gasteiger partial charge in [0, 0.05) is 0 Å². The predicted octanol–water partition coefficient (Wildman–Crippen LogP) is 5.03. The van der Waals surface area contributed by atoms with Gasteiger partial charge in [0.15, 0.2) is 0 Å². The summed E-state index contributed by atoms with van der Waals surface area (Å²) < 4.78 is 5.35. The SMILES string of the molecule is COc1ccc(C(C(=O)O)C2CCCCCC2)c(CC(C)C)c1. The molecule has 1 aliphatic rings. The average molecular weight is 318 g/mol. The van der Waals surface area contributed by atoms with E-state index in [1.165, 1.54) is 12.8 Å². The van der Waals surface area contributed by atoms with Gasteiger partial charge in [-0.1, -0.05) is 45.6 Å². The Morgan fingerprint density at radius 3 is 2.39 bits per heavy atom. The minimum atomic E-state index is -0.674. The summed E-state index contributed by atoms with van der Waals surface area (Å²) in [6.45, 7) is 4.34. The molecule has 1 unspecified atom stereocenters. The van der Waals surface area contributed by atoms with Gasteiger partial charge in [-0.25, -0.2) is 0 Å². The van der Waals surface area contributed by atoms with E-state index in [1.807, 2.05) is 18.2 Å². The van der Waals surface area contributed by atoms with E-state index in [1.54, 1.807) is 7.11 Å². The van der Waals surface area contributed by atoms with Crippen LogP contribution < -0.4 is 4.74 Å². The average Bonchev–Trinajstić information content (AvgIpc) is 2.77. The summed E-state index contributed by atoms with van der Waals surface area (Å²) in [5.41, 5.74) is 2.13. The highest BCUT2D eigenvalue weighted by atomic mass is 16.5. The number of benzene rings is 1. The van der Waals surface area contributed by atoms with Crippen LogP contribution in [0.15, 0.2) is 18.2 Å². The molecule has 0 spiro atoms. The molecular formula is C20H30O3. The molecule has 1 atom stereocenters. The lowest BCUT2D eigenvalue weighted by molar-refractivity contribution is -0.140. The summed E-state index contributed by atoms with van der Waals surface area (Å²) in [5, 5.41) is 9.92. The molecule has 3 nitrogen and oxygen atoms in total. The molecule has 1 fully saturated rings. The Morgan fingerprint density at radius 1 is 1.22 bits per heavy atom. The molecule has 3 heteroatoms. The van der Waals surface area contributed by atoms with Gasteiger partial charge in [0.25, 0.3) is 0 Å². The number of carbonyl (C=O) groups is 1. The highest BCUT2D eigenvalue weighted by Gasteiger charge is 2.32. The maximum Gasteiger partial charge on any atom is 0.311 e. The van der Waals surface area contributed by atoms with Crippen molar-refractivity contribution in [2.45, 2.75) is 64.7 Å². The smallest absolute Gasteiger partial charge is 0.311 e. The Hall–Kier alpha value is -1.51. The van der Waals surface area contributed by atoms with Crippen LogP contribution in [0.2, 0.25) is 0 Å². The van der Waals surface area contributed by atoms with E-state index >= 15 is 0 Å². The third kappa shape index (κ3) is 4.73. The molecule has 0 radical (unpaired) electrons. The van der Waals surface area contributed by atoms with E-state index in [0.717, 1.165) is 49.0 Å². The lowest BCUT2D eigenvalue weighted by Gasteiger charge is -2.26. The molecule has 0 bridgehead atoms. The zero-order valence-corrected chi connectivity index (χ0v) is 14.7. The van der Waals surface area contributed by atoms with Gasteiger partial charge < -0.3 is 9.84 Å². The van der Waals surface area contributed by atoms with Crippen LogP contribution in [-0.2, 0) is 11.2 Å². The van der Waals surface area contributed by atoms with Gasteiger partial charge in [-0.3, -0.25) is 4.79 Å². The Balaban J connectivity index is 2.38. The topological polar surface area (TPSA) is 46.5 Å². The number of carboxylic acids is 1. The molecular weight excluding hydrogens is 288 g/mol. The molecule has 1 aromatic rings. The van der Waals surface area contributed by atoms with Crippen molar-refractivity contribution in [2.24, 2.45) is 11.8 Å². The highest BCUT2D eigenvalue weighted by molar-refractivity contribution is 5.77. The van der Waals surface area contributed by atoms with Crippen molar-refractivity contribution < 1.29 is 14.6 Å². The maximum absolute atomic E-state index is 12.1. The largest absolute Gasteiger partial charge is 0.497 e. The molecule has 0 saturated heterocycles. The number of rotatable bonds is 6. The number of hydrogen-bond acceptors (Lipinski definition) is 2. The molecule has 1 aromatic carbocycles. The fourth-order valence-corrected chi connectivity index (χ4v) is 3.86. The Kier molecular flexibility index (Phi) is 6.49. The first kappa shape index (κ1) is 17.8. The van der Waals surface area contributed by atoms with Gasteiger partial charge in [0.2, 0.25) is 0 Å². The predicted molar refractivity (Wildman–Crippen MR) is 93.1 cm³/mol. The number of methoxy groups -OCH3 is 1. The summed E-state index contributed by atoms with van der Waals surface area (Å²) in [6, 6.07) is 5.92. The Bertz CT molecular complexity index is 514. The number of aliphatic carboxylic acids is 1. The maximum atomic E-state index is 12.1. The van der Waals surface area contributed by atoms with Crippen LogP contribution in [0.5, 0.6) is 5.75 Å². The van der Waals surface area contributed by atoms with E-state index in [2.05, 4.69) is 13.8 Å². The van der Waals surface area contributed by atoms with Crippen LogP contribution in [0.1, 0.15) is 69.4 Å². The number of ether oxygens (including phenoxy) is 1. The van der Waals surface area contributed by atoms with Crippen LogP contribution in [0, 0.1) is 11.8 Å². The summed E-state index contributed by atoms with van der Waals surface area (Å²) in [5.74, 6) is 0.507. The van der Waals surface area contributed by atoms with Crippen molar-refractivity contribution in [3.05, 3.63) is 29.3 Å². The summed E-state index contributed by atoms with van der Waals surface area (Å²) in [6.07, 6.45) is 7.75. The lowest BCUT2D eigenvalue weighted by atomic mass is 9.78. The van der Waals surface area contributed by atoms with Gasteiger partial charge in [0.1, 0.15) is 5.75 Å². The van der Waals surface area contributed by atoms with Crippen LogP contribution in [0.4, 0.5) is 0 Å². The van der Waals surface area contributed by atoms with Gasteiger partial charge >= 0.3 is 5.97 Å². The minimum Gasteiger partial charge on any atom is -0.497 e. The third-order valence-electron chi connectivity index (χ3n) is 4.95. The standard InChI is InChI=1S/C20H30O3/c1-14(2)12-16-13-17(23-3)10-11-18(16)19(20(21)22)15-8-6-4-5-7-9-15/h10-11,13-15,19H,4-9,12H2,1-3H3,(H,21,22). The van der Waals surface area contributed by atoms with Crippen LogP contribution >= 0.6 is 0 Å². The van der Waals surface area contributed by atoms with Gasteiger partial charge in [0.05, 0.1) is 13.0 Å². The molecule has 128 valence electrons. The zero-order chi connectivity index (χ0) is 16.8. The van der Waals surface area contributed by atoms with E-state index < -0.39 is 5.97 Å². The molecule has 1 N–H and O–H groups in total. The summed E-state index contributed by atoms with van der Waals surface area (Å²) >= 11 is 0. The summed E-state index contributed by atoms with van der Waals surface area (Å²) in [7, 11) is 1.66. The second-order valence-corrected chi connectivity index (χ2v) is 7.23. The number of carboxylic acid groups (broad SMARTS) is 1. The Morgan fingerprint density at radius 2 is 1.87 bits per heavy atom. The summed E-state index contributed by atoms with van der Waals surface area (Å²) in [4.78, 5) is 12.1. The van der Waals surface area contributed by atoms with E-state index in [-0.39, 0.29) is 11.8 Å². The fraction of sp³-hybridized carbons (Fsp3) is 0.650. The second-order valence-electron chi connectivity index (χ2n) is 7.23. The van der Waals surface area contributed by atoms with Gasteiger partial charge in [-0.15, -0.1) is 0 Å². The van der Waals surface area contributed by atoms with Crippen LogP contribution in [0.3, 0.4) is 0 Å². The molecule has 1 aliphatic carbocycles. The normalized spacial score (nSPS) is 17.7. The van der Waals surface area contributed by atoms with Crippen LogP contribution in [-0.4, -0.2) is 18.2 Å². The molecule has 0 aliphatic heterocycles. The molecule has 0 amide bonds. The second kappa shape index (κ2) is 8.37. The van der Waals surface area contributed by atoms with Crippen LogP contribution in [0.25, 0.3) is 0 Å². The van der Waals surface area contributed by atoms with Crippen molar-refractivity contribution in [2.75, 3.05) is 7.11 Å². The number of hydrogen-bond donors (Lipinski definition) is 1. The first-order chi connectivity index (χ1) is 11.0. The molecule has 0 aromatic heterocycles. The first-order valence-electron chi connectivity index (χ1n) is 8.92. The minimum absolute atomic E-state index is 0.259. The van der Waals surface area contributed by atoms with E-state index in [4.69, 9.17) is 4.74 Å². The van der Waals surface area contributed by atoms with Crippen molar-refractivity contribution in [1.82, 2.24) is 0 Å². The molecule has 1 saturated carbocycles. The fourth-order valence-electron chi connectivity index (χ4n) is 3.86. The van der Waals surface area contributed by atoms with Gasteiger partial charge in [-0.2, -0.15) is 0 Å². The molecule has 0 heterocycles. The third-order valence-corrected chi connectivity index (χ3v) is 4.95. The lowest BCUT2D eigenvalue weighted by Crippen LogP contribution is -2.23.